The van der Waals surface area contributed by atoms with E-state index in [1.807, 2.05) is 0 Å². The van der Waals surface area contributed by atoms with E-state index in [-0.39, 0.29) is 5.41 Å². The number of hydrogen-bond acceptors (Lipinski definition) is 0. The third-order valence-corrected chi connectivity index (χ3v) is 6.48. The predicted octanol–water partition coefficient (Wildman–Crippen LogP) is 6.35. The van der Waals surface area contributed by atoms with Crippen molar-refractivity contribution in [2.24, 2.45) is 5.92 Å². The summed E-state index contributed by atoms with van der Waals surface area (Å²) in [6.45, 7) is 4.83. The average Bonchev–Trinajstić information content (AvgIpc) is 2.77. The molecule has 1 aromatic carbocycles. The molecule has 1 aromatic rings. The summed E-state index contributed by atoms with van der Waals surface area (Å²) in [5.41, 5.74) is 7.87. The summed E-state index contributed by atoms with van der Waals surface area (Å²) < 4.78 is 1.47. The summed E-state index contributed by atoms with van der Waals surface area (Å²) in [7, 11) is 0. The molecule has 1 heteroatoms. The van der Waals surface area contributed by atoms with Gasteiger partial charge in [0.15, 0.2) is 0 Å². The lowest BCUT2D eigenvalue weighted by Gasteiger charge is -2.32. The van der Waals surface area contributed by atoms with Crippen LogP contribution in [0.2, 0.25) is 0 Å². The fourth-order valence-electron chi connectivity index (χ4n) is 4.23. The van der Waals surface area contributed by atoms with Crippen molar-refractivity contribution in [3.05, 3.63) is 74.4 Å². The Hall–Kier alpha value is -1.09. The first-order valence-electron chi connectivity index (χ1n) is 8.13. The predicted molar refractivity (Wildman–Crippen MR) is 103 cm³/mol. The maximum Gasteiger partial charge on any atom is -0.00233 e. The van der Waals surface area contributed by atoms with E-state index in [4.69, 9.17) is 0 Å². The van der Waals surface area contributed by atoms with Gasteiger partial charge in [-0.2, -0.15) is 0 Å². The highest BCUT2D eigenvalue weighted by Crippen LogP contribution is 2.54. The van der Waals surface area contributed by atoms with Gasteiger partial charge in [0.1, 0.15) is 0 Å². The number of benzene rings is 1. The number of hydrogen-bond donors (Lipinski definition) is 0. The van der Waals surface area contributed by atoms with Gasteiger partial charge in [-0.05, 0) is 84.6 Å². The maximum absolute atomic E-state index is 2.45. The van der Waals surface area contributed by atoms with Crippen molar-refractivity contribution < 1.29 is 0 Å². The molecule has 112 valence electrons. The molecule has 22 heavy (non-hydrogen) atoms. The van der Waals surface area contributed by atoms with E-state index in [1.54, 1.807) is 16.7 Å². The van der Waals surface area contributed by atoms with Gasteiger partial charge in [0, 0.05) is 0 Å². The number of allylic oxidation sites excluding steroid dienone is 8. The number of rotatable bonds is 1. The zero-order chi connectivity index (χ0) is 15.3. The minimum Gasteiger partial charge on any atom is -0.0619 e. The van der Waals surface area contributed by atoms with E-state index in [9.17, 15) is 0 Å². The van der Waals surface area contributed by atoms with Crippen molar-refractivity contribution >= 4 is 28.2 Å². The van der Waals surface area contributed by atoms with Crippen LogP contribution in [-0.4, -0.2) is 0 Å². The van der Waals surface area contributed by atoms with Crippen LogP contribution >= 0.6 is 22.6 Å². The highest BCUT2D eigenvalue weighted by Gasteiger charge is 2.43. The molecule has 1 atom stereocenters. The molecule has 0 nitrogen and oxygen atoms in total. The van der Waals surface area contributed by atoms with Crippen molar-refractivity contribution in [1.82, 2.24) is 0 Å². The Bertz CT molecular complexity index is 756. The van der Waals surface area contributed by atoms with Crippen molar-refractivity contribution in [2.75, 3.05) is 0 Å². The van der Waals surface area contributed by atoms with Crippen LogP contribution in [0.4, 0.5) is 0 Å². The van der Waals surface area contributed by atoms with Gasteiger partial charge in [-0.3, -0.25) is 0 Å². The van der Waals surface area contributed by atoms with Crippen LogP contribution in [0.15, 0.2) is 63.3 Å². The second kappa shape index (κ2) is 5.23. The minimum absolute atomic E-state index is 0.238. The number of halogens is 1. The van der Waals surface area contributed by atoms with Crippen molar-refractivity contribution in [2.45, 2.75) is 38.5 Å². The second-order valence-corrected chi connectivity index (χ2v) is 8.53. The van der Waals surface area contributed by atoms with Crippen LogP contribution in [0.5, 0.6) is 0 Å². The maximum atomic E-state index is 2.45. The van der Waals surface area contributed by atoms with Gasteiger partial charge in [-0.1, -0.05) is 62.4 Å². The van der Waals surface area contributed by atoms with Gasteiger partial charge in [-0.25, -0.2) is 0 Å². The number of fused-ring (bicyclic) bond motifs is 3. The zero-order valence-corrected chi connectivity index (χ0v) is 15.4. The van der Waals surface area contributed by atoms with Gasteiger partial charge < -0.3 is 0 Å². The average molecular weight is 400 g/mol. The Kier molecular flexibility index (Phi) is 3.44. The van der Waals surface area contributed by atoms with Crippen molar-refractivity contribution in [1.29, 1.82) is 0 Å². The van der Waals surface area contributed by atoms with E-state index in [2.05, 4.69) is 85.0 Å². The standard InChI is InChI=1S/C21H21I/c1-21(2)19-6-4-3-5-17(19)18-12-9-15(13-20(18)21)14-7-10-16(22)11-8-14/h3-7,9-10,12,20H,8,11,13H2,1-2H3. The van der Waals surface area contributed by atoms with Crippen LogP contribution in [-0.2, 0) is 5.41 Å². The SMILES string of the molecule is CC1(C)c2ccccc2C2=CC=C(C3=CC=C(I)CC3)CC21. The van der Waals surface area contributed by atoms with Crippen LogP contribution < -0.4 is 0 Å². The summed E-state index contributed by atoms with van der Waals surface area (Å²) in [5, 5.41) is 0. The molecule has 0 aliphatic heterocycles. The zero-order valence-electron chi connectivity index (χ0n) is 13.2. The monoisotopic (exact) mass is 400 g/mol. The Morgan fingerprint density at radius 1 is 0.955 bits per heavy atom. The summed E-state index contributed by atoms with van der Waals surface area (Å²) in [5.74, 6) is 0.621. The molecule has 4 rings (SSSR count). The third kappa shape index (κ3) is 2.17. The summed E-state index contributed by atoms with van der Waals surface area (Å²) in [6, 6.07) is 8.98. The van der Waals surface area contributed by atoms with E-state index < -0.39 is 0 Å². The van der Waals surface area contributed by atoms with Gasteiger partial charge in [0.2, 0.25) is 0 Å². The Balaban J connectivity index is 1.75. The molecule has 0 bridgehead atoms. The largest absolute Gasteiger partial charge is 0.0619 e. The lowest BCUT2D eigenvalue weighted by atomic mass is 9.71. The first kappa shape index (κ1) is 14.5. The third-order valence-electron chi connectivity index (χ3n) is 5.58. The van der Waals surface area contributed by atoms with E-state index in [0.29, 0.717) is 5.92 Å². The smallest absolute Gasteiger partial charge is 0.00233 e. The molecule has 0 radical (unpaired) electrons. The molecule has 0 saturated heterocycles. The Morgan fingerprint density at radius 3 is 2.50 bits per heavy atom. The van der Waals surface area contributed by atoms with Crippen molar-refractivity contribution in [3.8, 4) is 0 Å². The lowest BCUT2D eigenvalue weighted by molar-refractivity contribution is 0.408. The first-order valence-corrected chi connectivity index (χ1v) is 9.21. The van der Waals surface area contributed by atoms with Crippen LogP contribution in [0.25, 0.3) is 5.57 Å². The van der Waals surface area contributed by atoms with E-state index >= 15 is 0 Å². The van der Waals surface area contributed by atoms with Crippen LogP contribution in [0.1, 0.15) is 44.2 Å². The molecule has 0 N–H and O–H groups in total. The first-order chi connectivity index (χ1) is 10.6. The second-order valence-electron chi connectivity index (χ2n) is 7.14. The molecular formula is C21H21I. The molecule has 0 saturated carbocycles. The topological polar surface area (TPSA) is 0 Å². The lowest BCUT2D eigenvalue weighted by Crippen LogP contribution is -2.25. The molecule has 3 aliphatic carbocycles. The van der Waals surface area contributed by atoms with E-state index in [0.717, 1.165) is 0 Å². The normalized spacial score (nSPS) is 25.5. The molecule has 1 unspecified atom stereocenters. The summed E-state index contributed by atoms with van der Waals surface area (Å²) >= 11 is 2.45. The van der Waals surface area contributed by atoms with Gasteiger partial charge in [0.05, 0.1) is 0 Å². The Labute approximate surface area is 146 Å². The fraction of sp³-hybridized carbons (Fsp3) is 0.333. The van der Waals surface area contributed by atoms with Crippen LogP contribution in [0.3, 0.4) is 0 Å². The van der Waals surface area contributed by atoms with Gasteiger partial charge in [-0.15, -0.1) is 0 Å². The fourth-order valence-corrected chi connectivity index (χ4v) is 4.68. The summed E-state index contributed by atoms with van der Waals surface area (Å²) in [6.07, 6.45) is 13.0. The van der Waals surface area contributed by atoms with Crippen LogP contribution in [0, 0.1) is 5.92 Å². The van der Waals surface area contributed by atoms with Crippen molar-refractivity contribution in [3.63, 3.8) is 0 Å². The highest BCUT2D eigenvalue weighted by atomic mass is 127. The van der Waals surface area contributed by atoms with Gasteiger partial charge >= 0.3 is 0 Å². The molecule has 3 aliphatic rings. The van der Waals surface area contributed by atoms with E-state index in [1.165, 1.54) is 34.0 Å². The molecule has 0 fully saturated rings. The van der Waals surface area contributed by atoms with Gasteiger partial charge in [0.25, 0.3) is 0 Å². The Morgan fingerprint density at radius 2 is 1.73 bits per heavy atom. The molecule has 0 amide bonds. The molecular weight excluding hydrogens is 379 g/mol. The quantitative estimate of drug-likeness (QED) is 0.482. The summed E-state index contributed by atoms with van der Waals surface area (Å²) in [4.78, 5) is 0. The highest BCUT2D eigenvalue weighted by molar-refractivity contribution is 14.1. The minimum atomic E-state index is 0.238. The molecule has 0 spiro atoms. The molecule has 0 aromatic heterocycles. The molecule has 0 heterocycles.